The van der Waals surface area contributed by atoms with Crippen LogP contribution in [-0.2, 0) is 9.59 Å². The van der Waals surface area contributed by atoms with Crippen LogP contribution in [0.1, 0.15) is 64.2 Å². The lowest BCUT2D eigenvalue weighted by Gasteiger charge is -2.34. The van der Waals surface area contributed by atoms with E-state index in [1.54, 1.807) is 0 Å². The lowest BCUT2D eigenvalue weighted by Crippen LogP contribution is -2.51. The Morgan fingerprint density at radius 3 is 1.27 bits per heavy atom. The summed E-state index contributed by atoms with van der Waals surface area (Å²) in [6.45, 7) is 0. The Kier molecular flexibility index (Phi) is 5.47. The van der Waals surface area contributed by atoms with Gasteiger partial charge in [0.25, 0.3) is 11.8 Å². The largest absolute Gasteiger partial charge is 0.292 e. The number of nitrogens with zero attached hydrogens (tertiary/aromatic N) is 2. The molecule has 2 aliphatic rings. The molecule has 124 valence electrons. The predicted octanol–water partition coefficient (Wildman–Crippen LogP) is 0.824. The highest BCUT2D eigenvalue weighted by atomic mass is 16.2. The minimum Gasteiger partial charge on any atom is -0.292 e. The maximum atomic E-state index is 12.2. The van der Waals surface area contributed by atoms with Crippen molar-refractivity contribution in [2.75, 3.05) is 0 Å². The van der Waals surface area contributed by atoms with Gasteiger partial charge in [0.05, 0.1) is 0 Å². The molecule has 0 aliphatic heterocycles. The summed E-state index contributed by atoms with van der Waals surface area (Å²) in [7, 11) is 0. The van der Waals surface area contributed by atoms with E-state index < -0.39 is 11.1 Å². The third-order valence-corrected chi connectivity index (χ3v) is 4.90. The van der Waals surface area contributed by atoms with Crippen LogP contribution in [0.15, 0.2) is 10.2 Å². The van der Waals surface area contributed by atoms with E-state index in [4.69, 9.17) is 11.7 Å². The van der Waals surface area contributed by atoms with Gasteiger partial charge in [0, 0.05) is 0 Å². The van der Waals surface area contributed by atoms with Crippen molar-refractivity contribution < 1.29 is 9.59 Å². The second-order valence-electron chi connectivity index (χ2n) is 6.33. The number of hydrogen-bond acceptors (Lipinski definition) is 6. The monoisotopic (exact) mass is 310 g/mol. The molecule has 0 heterocycles. The van der Waals surface area contributed by atoms with E-state index in [0.717, 1.165) is 38.5 Å². The molecule has 0 bridgehead atoms. The van der Waals surface area contributed by atoms with Crippen molar-refractivity contribution in [1.29, 1.82) is 0 Å². The summed E-state index contributed by atoms with van der Waals surface area (Å²) >= 11 is 0. The molecular weight excluding hydrogens is 284 g/mol. The van der Waals surface area contributed by atoms with Crippen molar-refractivity contribution in [2.45, 2.75) is 75.3 Å². The number of nitrogens with two attached hydrogens (primary N) is 2. The first-order chi connectivity index (χ1) is 10.6. The maximum Gasteiger partial charge on any atom is 0.263 e. The van der Waals surface area contributed by atoms with E-state index in [2.05, 4.69) is 21.1 Å². The summed E-state index contributed by atoms with van der Waals surface area (Å²) in [6.07, 6.45) is 8.21. The van der Waals surface area contributed by atoms with E-state index in [0.29, 0.717) is 25.7 Å². The molecule has 8 heteroatoms. The van der Waals surface area contributed by atoms with Gasteiger partial charge in [-0.3, -0.25) is 20.4 Å². The van der Waals surface area contributed by atoms with Gasteiger partial charge >= 0.3 is 0 Å². The quantitative estimate of drug-likeness (QED) is 0.264. The normalized spacial score (nSPS) is 23.9. The molecule has 8 nitrogen and oxygen atoms in total. The van der Waals surface area contributed by atoms with Crippen LogP contribution in [0.3, 0.4) is 0 Å². The fraction of sp³-hybridized carbons (Fsp3) is 0.857. The minimum absolute atomic E-state index is 0.324. The van der Waals surface area contributed by atoms with Crippen LogP contribution < -0.4 is 22.5 Å². The molecule has 0 aromatic rings. The van der Waals surface area contributed by atoms with Gasteiger partial charge in [-0.05, 0) is 25.7 Å². The highest BCUT2D eigenvalue weighted by Gasteiger charge is 2.44. The van der Waals surface area contributed by atoms with Crippen LogP contribution in [0.5, 0.6) is 0 Å². The first-order valence-electron chi connectivity index (χ1n) is 8.05. The van der Waals surface area contributed by atoms with Crippen LogP contribution in [-0.4, -0.2) is 22.9 Å². The number of amides is 2. The number of carbonyl (C=O) groups excluding carboxylic acids is 2. The SMILES string of the molecule is NNC(=O)C1(N=NC2(C(=O)NN)CCCCC2)CCCCC1. The van der Waals surface area contributed by atoms with Gasteiger partial charge < -0.3 is 0 Å². The summed E-state index contributed by atoms with van der Waals surface area (Å²) in [4.78, 5) is 24.4. The van der Waals surface area contributed by atoms with E-state index in [1.807, 2.05) is 0 Å². The summed E-state index contributed by atoms with van der Waals surface area (Å²) in [6, 6.07) is 0. The van der Waals surface area contributed by atoms with E-state index >= 15 is 0 Å². The van der Waals surface area contributed by atoms with E-state index in [1.165, 1.54) is 0 Å². The van der Waals surface area contributed by atoms with Gasteiger partial charge in [-0.2, -0.15) is 10.2 Å². The van der Waals surface area contributed by atoms with Gasteiger partial charge in [0.15, 0.2) is 11.1 Å². The van der Waals surface area contributed by atoms with Crippen LogP contribution in [0.4, 0.5) is 0 Å². The molecule has 0 unspecified atom stereocenters. The van der Waals surface area contributed by atoms with Crippen molar-refractivity contribution in [1.82, 2.24) is 10.9 Å². The average molecular weight is 310 g/mol. The number of hydrazine groups is 2. The summed E-state index contributed by atoms with van der Waals surface area (Å²) < 4.78 is 0. The fourth-order valence-electron chi connectivity index (χ4n) is 3.48. The zero-order valence-electron chi connectivity index (χ0n) is 12.9. The Morgan fingerprint density at radius 1 is 0.682 bits per heavy atom. The molecule has 2 amide bonds. The number of hydrogen-bond donors (Lipinski definition) is 4. The molecule has 6 N–H and O–H groups in total. The van der Waals surface area contributed by atoms with Gasteiger partial charge in [-0.25, -0.2) is 11.7 Å². The molecule has 0 spiro atoms. The van der Waals surface area contributed by atoms with Gasteiger partial charge in [0.1, 0.15) is 0 Å². The van der Waals surface area contributed by atoms with E-state index in [-0.39, 0.29) is 11.8 Å². The van der Waals surface area contributed by atoms with Crippen molar-refractivity contribution in [3.05, 3.63) is 0 Å². The van der Waals surface area contributed by atoms with Crippen LogP contribution >= 0.6 is 0 Å². The molecule has 22 heavy (non-hydrogen) atoms. The number of azo groups is 1. The third kappa shape index (κ3) is 3.27. The highest BCUT2D eigenvalue weighted by molar-refractivity contribution is 5.87. The molecule has 2 fully saturated rings. The lowest BCUT2D eigenvalue weighted by atomic mass is 9.80. The molecule has 0 radical (unpaired) electrons. The van der Waals surface area contributed by atoms with Crippen molar-refractivity contribution >= 4 is 11.8 Å². The average Bonchev–Trinajstić information content (AvgIpc) is 2.60. The fourth-order valence-corrected chi connectivity index (χ4v) is 3.48. The summed E-state index contributed by atoms with van der Waals surface area (Å²) in [5.74, 6) is 9.98. The minimum atomic E-state index is -0.938. The van der Waals surface area contributed by atoms with Gasteiger partial charge in [0.2, 0.25) is 0 Å². The molecular formula is C14H26N6O2. The maximum absolute atomic E-state index is 12.2. The predicted molar refractivity (Wildman–Crippen MR) is 81.1 cm³/mol. The second-order valence-corrected chi connectivity index (χ2v) is 6.33. The van der Waals surface area contributed by atoms with Crippen molar-refractivity contribution in [3.63, 3.8) is 0 Å². The topological polar surface area (TPSA) is 135 Å². The van der Waals surface area contributed by atoms with E-state index in [9.17, 15) is 9.59 Å². The molecule has 0 aromatic carbocycles. The Balaban J connectivity index is 2.27. The Bertz CT molecular complexity index is 399. The lowest BCUT2D eigenvalue weighted by molar-refractivity contribution is -0.130. The summed E-state index contributed by atoms with van der Waals surface area (Å²) in [5, 5.41) is 8.73. The number of rotatable bonds is 4. The van der Waals surface area contributed by atoms with Gasteiger partial charge in [-0.15, -0.1) is 0 Å². The first kappa shape index (κ1) is 16.8. The molecule has 2 aliphatic carbocycles. The number of nitrogens with one attached hydrogen (secondary N) is 2. The number of carbonyl (C=O) groups is 2. The van der Waals surface area contributed by atoms with Crippen molar-refractivity contribution in [3.8, 4) is 0 Å². The summed E-state index contributed by atoms with van der Waals surface area (Å²) in [5.41, 5.74) is 2.53. The smallest absolute Gasteiger partial charge is 0.263 e. The van der Waals surface area contributed by atoms with Crippen LogP contribution in [0.25, 0.3) is 0 Å². The standard InChI is InChI=1S/C14H26N6O2/c15-17-11(21)13(7-3-1-4-8-13)19-20-14(12(22)18-16)9-5-2-6-10-14/h1-10,15-16H2,(H,17,21)(H,18,22). The molecule has 0 saturated heterocycles. The zero-order valence-corrected chi connectivity index (χ0v) is 12.9. The van der Waals surface area contributed by atoms with Crippen LogP contribution in [0, 0.1) is 0 Å². The first-order valence-corrected chi connectivity index (χ1v) is 8.05. The van der Waals surface area contributed by atoms with Gasteiger partial charge in [-0.1, -0.05) is 38.5 Å². The molecule has 2 saturated carbocycles. The Hall–Kier alpha value is -1.54. The molecule has 0 aromatic heterocycles. The Labute approximate surface area is 130 Å². The van der Waals surface area contributed by atoms with Crippen molar-refractivity contribution in [2.24, 2.45) is 21.9 Å². The molecule has 2 rings (SSSR count). The second kappa shape index (κ2) is 7.15. The van der Waals surface area contributed by atoms with Crippen LogP contribution in [0.2, 0.25) is 0 Å². The molecule has 0 atom stereocenters. The third-order valence-electron chi connectivity index (χ3n) is 4.90. The zero-order chi connectivity index (χ0) is 16.1. The highest BCUT2D eigenvalue weighted by Crippen LogP contribution is 2.37. The Morgan fingerprint density at radius 2 is 1.00 bits per heavy atom.